The van der Waals surface area contributed by atoms with Crippen LogP contribution in [0, 0.1) is 6.92 Å². The highest BCUT2D eigenvalue weighted by Gasteiger charge is 2.18. The first-order valence-electron chi connectivity index (χ1n) is 6.03. The van der Waals surface area contributed by atoms with Crippen molar-refractivity contribution in [3.63, 3.8) is 0 Å². The second kappa shape index (κ2) is 7.20. The lowest BCUT2D eigenvalue weighted by molar-refractivity contribution is -0.122. The quantitative estimate of drug-likeness (QED) is 0.745. The molecule has 1 amide bonds. The van der Waals surface area contributed by atoms with Crippen molar-refractivity contribution in [1.82, 2.24) is 10.3 Å². The van der Waals surface area contributed by atoms with Crippen molar-refractivity contribution >= 4 is 23.2 Å². The normalized spacial score (nSPS) is 12.2. The van der Waals surface area contributed by atoms with Crippen molar-refractivity contribution in [2.45, 2.75) is 33.2 Å². The molecule has 19 heavy (non-hydrogen) atoms. The van der Waals surface area contributed by atoms with Crippen LogP contribution in [0.15, 0.2) is 0 Å². The summed E-state index contributed by atoms with van der Waals surface area (Å²) in [4.78, 5) is 26.9. The molecule has 0 radical (unpaired) electrons. The second-order valence-corrected chi connectivity index (χ2v) is 5.04. The first kappa shape index (κ1) is 15.6. The van der Waals surface area contributed by atoms with Gasteiger partial charge in [-0.3, -0.25) is 4.79 Å². The molecule has 1 unspecified atom stereocenters. The summed E-state index contributed by atoms with van der Waals surface area (Å²) in [5.74, 6) is -1.12. The molecule has 7 heteroatoms. The van der Waals surface area contributed by atoms with E-state index in [0.717, 1.165) is 11.3 Å². The fourth-order valence-corrected chi connectivity index (χ4v) is 2.39. The van der Waals surface area contributed by atoms with Crippen LogP contribution in [0.3, 0.4) is 0 Å². The molecule has 0 saturated heterocycles. The first-order chi connectivity index (χ1) is 8.95. The van der Waals surface area contributed by atoms with Crippen molar-refractivity contribution in [3.05, 3.63) is 15.6 Å². The van der Waals surface area contributed by atoms with Gasteiger partial charge in [0, 0.05) is 13.0 Å². The van der Waals surface area contributed by atoms with Crippen LogP contribution in [-0.2, 0) is 9.53 Å². The maximum absolute atomic E-state index is 11.6. The van der Waals surface area contributed by atoms with Crippen LogP contribution in [0.5, 0.6) is 0 Å². The Balaban J connectivity index is 2.58. The van der Waals surface area contributed by atoms with E-state index in [9.17, 15) is 9.59 Å². The van der Waals surface area contributed by atoms with Crippen molar-refractivity contribution in [2.75, 3.05) is 13.2 Å². The van der Waals surface area contributed by atoms with E-state index < -0.39 is 5.97 Å². The van der Waals surface area contributed by atoms with E-state index in [2.05, 4.69) is 10.3 Å². The SMILES string of the molecule is CCOCCC(=O)NC(C)c1nc(C)c(C(=O)O)s1. The molecule has 106 valence electrons. The summed E-state index contributed by atoms with van der Waals surface area (Å²) in [5.41, 5.74) is 0.475. The molecule has 1 aromatic rings. The summed E-state index contributed by atoms with van der Waals surface area (Å²) in [6, 6.07) is -0.300. The number of hydrogen-bond donors (Lipinski definition) is 2. The van der Waals surface area contributed by atoms with Crippen LogP contribution in [0.25, 0.3) is 0 Å². The van der Waals surface area contributed by atoms with Crippen LogP contribution in [0.1, 0.15) is 46.7 Å². The number of carboxylic acid groups (broad SMARTS) is 1. The molecule has 0 fully saturated rings. The molecule has 0 aliphatic heterocycles. The third-order valence-electron chi connectivity index (χ3n) is 2.43. The monoisotopic (exact) mass is 286 g/mol. The Morgan fingerprint density at radius 2 is 2.21 bits per heavy atom. The summed E-state index contributed by atoms with van der Waals surface area (Å²) >= 11 is 1.09. The lowest BCUT2D eigenvalue weighted by Gasteiger charge is -2.11. The van der Waals surface area contributed by atoms with Gasteiger partial charge in [-0.1, -0.05) is 0 Å². The third-order valence-corrected chi connectivity index (χ3v) is 3.76. The molecular weight excluding hydrogens is 268 g/mol. The molecule has 1 heterocycles. The minimum absolute atomic E-state index is 0.134. The van der Waals surface area contributed by atoms with Gasteiger partial charge in [-0.15, -0.1) is 11.3 Å². The number of amides is 1. The molecule has 0 aromatic carbocycles. The van der Waals surface area contributed by atoms with Crippen molar-refractivity contribution < 1.29 is 19.4 Å². The molecule has 1 rings (SSSR count). The third kappa shape index (κ3) is 4.60. The Bertz CT molecular complexity index is 459. The summed E-state index contributed by atoms with van der Waals surface area (Å²) in [5, 5.41) is 12.3. The van der Waals surface area contributed by atoms with Gasteiger partial charge < -0.3 is 15.2 Å². The van der Waals surface area contributed by atoms with Gasteiger partial charge in [0.05, 0.1) is 18.3 Å². The molecule has 0 saturated carbocycles. The highest BCUT2D eigenvalue weighted by molar-refractivity contribution is 7.13. The average molecular weight is 286 g/mol. The first-order valence-corrected chi connectivity index (χ1v) is 6.85. The summed E-state index contributed by atoms with van der Waals surface area (Å²) in [7, 11) is 0. The zero-order valence-corrected chi connectivity index (χ0v) is 12.0. The summed E-state index contributed by atoms with van der Waals surface area (Å²) in [6.45, 7) is 6.25. The van der Waals surface area contributed by atoms with E-state index in [-0.39, 0.29) is 23.2 Å². The topological polar surface area (TPSA) is 88.5 Å². The molecule has 0 spiro atoms. The fraction of sp³-hybridized carbons (Fsp3) is 0.583. The Kier molecular flexibility index (Phi) is 5.91. The Morgan fingerprint density at radius 3 is 2.74 bits per heavy atom. The molecular formula is C12H18N2O4S. The highest BCUT2D eigenvalue weighted by Crippen LogP contribution is 2.23. The van der Waals surface area contributed by atoms with Crippen molar-refractivity contribution in [2.24, 2.45) is 0 Å². The maximum atomic E-state index is 11.6. The molecule has 1 atom stereocenters. The lowest BCUT2D eigenvalue weighted by atomic mass is 10.3. The van der Waals surface area contributed by atoms with Crippen LogP contribution in [0.2, 0.25) is 0 Å². The smallest absolute Gasteiger partial charge is 0.347 e. The number of carbonyl (C=O) groups is 2. The van der Waals surface area contributed by atoms with Gasteiger partial charge in [0.15, 0.2) is 0 Å². The number of aryl methyl sites for hydroxylation is 1. The molecule has 2 N–H and O–H groups in total. The maximum Gasteiger partial charge on any atom is 0.347 e. The van der Waals surface area contributed by atoms with E-state index in [1.165, 1.54) is 0 Å². The highest BCUT2D eigenvalue weighted by atomic mass is 32.1. The van der Waals surface area contributed by atoms with Gasteiger partial charge >= 0.3 is 5.97 Å². The molecule has 0 aliphatic carbocycles. The zero-order valence-electron chi connectivity index (χ0n) is 11.2. The predicted molar refractivity (Wildman–Crippen MR) is 71.5 cm³/mol. The zero-order chi connectivity index (χ0) is 14.4. The van der Waals surface area contributed by atoms with E-state index in [0.29, 0.717) is 23.9 Å². The van der Waals surface area contributed by atoms with Gasteiger partial charge in [0.25, 0.3) is 0 Å². The van der Waals surface area contributed by atoms with Crippen molar-refractivity contribution in [1.29, 1.82) is 0 Å². The number of hydrogen-bond acceptors (Lipinski definition) is 5. The van der Waals surface area contributed by atoms with Gasteiger partial charge in [-0.05, 0) is 20.8 Å². The van der Waals surface area contributed by atoms with Gasteiger partial charge in [0.1, 0.15) is 9.88 Å². The lowest BCUT2D eigenvalue weighted by Crippen LogP contribution is -2.27. The summed E-state index contributed by atoms with van der Waals surface area (Å²) < 4.78 is 5.09. The number of thiazole rings is 1. The number of carboxylic acids is 1. The number of aromatic nitrogens is 1. The minimum Gasteiger partial charge on any atom is -0.477 e. The summed E-state index contributed by atoms with van der Waals surface area (Å²) in [6.07, 6.45) is 0.286. The largest absolute Gasteiger partial charge is 0.477 e. The average Bonchev–Trinajstić information content (AvgIpc) is 2.72. The van der Waals surface area contributed by atoms with Crippen molar-refractivity contribution in [3.8, 4) is 0 Å². The van der Waals surface area contributed by atoms with Crippen LogP contribution in [-0.4, -0.2) is 35.2 Å². The number of carbonyl (C=O) groups excluding carboxylic acids is 1. The number of nitrogens with one attached hydrogen (secondary N) is 1. The molecule has 0 bridgehead atoms. The molecule has 0 aliphatic rings. The Labute approximate surface area is 115 Å². The van der Waals surface area contributed by atoms with Gasteiger partial charge in [-0.2, -0.15) is 0 Å². The van der Waals surface area contributed by atoms with E-state index in [1.807, 2.05) is 6.92 Å². The Hall–Kier alpha value is -1.47. The van der Waals surface area contributed by atoms with Crippen LogP contribution >= 0.6 is 11.3 Å². The minimum atomic E-state index is -0.990. The standard InChI is InChI=1S/C12H18N2O4S/c1-4-18-6-5-9(15)13-8(3)11-14-7(2)10(19-11)12(16)17/h8H,4-6H2,1-3H3,(H,13,15)(H,16,17). The molecule has 6 nitrogen and oxygen atoms in total. The number of rotatable bonds is 7. The van der Waals surface area contributed by atoms with Gasteiger partial charge in [0.2, 0.25) is 5.91 Å². The van der Waals surface area contributed by atoms with Crippen LogP contribution < -0.4 is 5.32 Å². The fourth-order valence-electron chi connectivity index (χ4n) is 1.49. The van der Waals surface area contributed by atoms with E-state index in [1.54, 1.807) is 13.8 Å². The van der Waals surface area contributed by atoms with E-state index >= 15 is 0 Å². The number of ether oxygens (including phenoxy) is 1. The molecule has 1 aromatic heterocycles. The second-order valence-electron chi connectivity index (χ2n) is 4.01. The number of nitrogens with zero attached hydrogens (tertiary/aromatic N) is 1. The predicted octanol–water partition coefficient (Wildman–Crippen LogP) is 1.75. The number of aromatic carboxylic acids is 1. The van der Waals surface area contributed by atoms with E-state index in [4.69, 9.17) is 9.84 Å². The van der Waals surface area contributed by atoms with Gasteiger partial charge in [-0.25, -0.2) is 9.78 Å². The Morgan fingerprint density at radius 1 is 1.53 bits per heavy atom. The van der Waals surface area contributed by atoms with Crippen LogP contribution in [0.4, 0.5) is 0 Å².